The van der Waals surface area contributed by atoms with Crippen LogP contribution in [-0.2, 0) is 16.3 Å². The quantitative estimate of drug-likeness (QED) is 0.178. The number of aromatic nitrogens is 3. The number of aryl methyl sites for hydroxylation is 1. The molecule has 3 heterocycles. The average molecular weight is 710 g/mol. The van der Waals surface area contributed by atoms with Crippen LogP contribution >= 0.6 is 11.3 Å². The molecule has 0 spiro atoms. The Labute approximate surface area is 306 Å². The van der Waals surface area contributed by atoms with Crippen molar-refractivity contribution in [1.82, 2.24) is 15.0 Å². The first kappa shape index (κ1) is 31.0. The molecule has 5 nitrogen and oxygen atoms in total. The Hall–Kier alpha value is -5.76. The summed E-state index contributed by atoms with van der Waals surface area (Å²) >= 11 is 1.82. The second-order valence-corrected chi connectivity index (χ2v) is 16.3. The zero-order valence-electron chi connectivity index (χ0n) is 28.1. The summed E-state index contributed by atoms with van der Waals surface area (Å²) in [5.74, 6) is 1.55. The fourth-order valence-corrected chi connectivity index (χ4v) is 10.6. The van der Waals surface area contributed by atoms with E-state index in [0.717, 1.165) is 59.1 Å². The van der Waals surface area contributed by atoms with E-state index in [9.17, 15) is 8.42 Å². The van der Waals surface area contributed by atoms with Gasteiger partial charge in [0.25, 0.3) is 0 Å². The zero-order valence-corrected chi connectivity index (χ0v) is 29.7. The Bertz CT molecular complexity index is 2790. The maximum absolute atomic E-state index is 14.1. The Morgan fingerprint density at radius 2 is 1.27 bits per heavy atom. The summed E-state index contributed by atoms with van der Waals surface area (Å²) in [4.78, 5) is 16.7. The maximum atomic E-state index is 14.1. The van der Waals surface area contributed by atoms with Crippen molar-refractivity contribution >= 4 is 42.4 Å². The lowest BCUT2D eigenvalue weighted by molar-refractivity contribution is 0.598. The van der Waals surface area contributed by atoms with Crippen molar-refractivity contribution in [3.05, 3.63) is 161 Å². The summed E-state index contributed by atoms with van der Waals surface area (Å²) in [7, 11) is -3.76. The van der Waals surface area contributed by atoms with Crippen molar-refractivity contribution in [1.29, 1.82) is 0 Å². The van der Waals surface area contributed by atoms with Gasteiger partial charge in [-0.3, -0.25) is 0 Å². The fourth-order valence-electron chi connectivity index (χ4n) is 7.62. The van der Waals surface area contributed by atoms with E-state index in [1.807, 2.05) is 59.9 Å². The van der Waals surface area contributed by atoms with E-state index in [2.05, 4.69) is 78.9 Å². The third kappa shape index (κ3) is 5.11. The normalized spacial score (nSPS) is 15.5. The number of nitrogens with zero attached hydrogens (tertiary/aromatic N) is 3. The third-order valence-corrected chi connectivity index (χ3v) is 13.3. The predicted octanol–water partition coefficient (Wildman–Crippen LogP) is 11.0. The third-order valence-electron chi connectivity index (χ3n) is 10.2. The van der Waals surface area contributed by atoms with Gasteiger partial charge in [-0.05, 0) is 83.2 Å². The van der Waals surface area contributed by atoms with E-state index in [1.165, 1.54) is 26.1 Å². The van der Waals surface area contributed by atoms with Crippen LogP contribution in [0.4, 0.5) is 0 Å². The monoisotopic (exact) mass is 709 g/mol. The lowest BCUT2D eigenvalue weighted by Gasteiger charge is -2.15. The molecule has 5 aromatic carbocycles. The topological polar surface area (TPSA) is 72.8 Å². The van der Waals surface area contributed by atoms with E-state index in [4.69, 9.17) is 15.0 Å². The highest BCUT2D eigenvalue weighted by Gasteiger charge is 2.34. The van der Waals surface area contributed by atoms with Crippen molar-refractivity contribution in [2.75, 3.05) is 0 Å². The summed E-state index contributed by atoms with van der Waals surface area (Å²) in [6.45, 7) is 0. The van der Waals surface area contributed by atoms with Crippen LogP contribution in [0.15, 0.2) is 149 Å². The minimum atomic E-state index is -3.76. The van der Waals surface area contributed by atoms with Gasteiger partial charge in [-0.15, -0.1) is 11.3 Å². The highest BCUT2D eigenvalue weighted by atomic mass is 32.2. The van der Waals surface area contributed by atoms with Gasteiger partial charge in [0.2, 0.25) is 9.84 Å². The molecule has 7 heteroatoms. The number of benzene rings is 5. The van der Waals surface area contributed by atoms with Gasteiger partial charge >= 0.3 is 0 Å². The van der Waals surface area contributed by atoms with Crippen molar-refractivity contribution in [2.45, 2.75) is 35.5 Å². The summed E-state index contributed by atoms with van der Waals surface area (Å²) < 4.78 is 29.5. The number of hydrogen-bond donors (Lipinski definition) is 0. The van der Waals surface area contributed by atoms with Crippen LogP contribution < -0.4 is 0 Å². The van der Waals surface area contributed by atoms with Gasteiger partial charge in [0.15, 0.2) is 17.5 Å². The van der Waals surface area contributed by atoms with Crippen LogP contribution in [0.5, 0.6) is 0 Å². The van der Waals surface area contributed by atoms with Crippen LogP contribution in [0.2, 0.25) is 0 Å². The Balaban J connectivity index is 1.05. The SMILES string of the molecule is O=S1(=O)c2ccc(C3=CCCc4c3sc3ccccc43)cc2-c2ccc(-c3nc(C4=CCCC=C4)nc(-c4ccc(-c5ccccc5)cc4)n3)cc21. The Morgan fingerprint density at radius 1 is 0.558 bits per heavy atom. The fraction of sp³-hybridized carbons (Fsp3) is 0.0889. The first-order valence-corrected chi connectivity index (χ1v) is 19.9. The number of thiophene rings is 1. The second kappa shape index (κ2) is 12.2. The molecule has 0 radical (unpaired) electrons. The molecule has 0 saturated carbocycles. The van der Waals surface area contributed by atoms with E-state index in [-0.39, 0.29) is 4.90 Å². The maximum Gasteiger partial charge on any atom is 0.207 e. The van der Waals surface area contributed by atoms with Crippen LogP contribution in [0.25, 0.3) is 66.3 Å². The summed E-state index contributed by atoms with van der Waals surface area (Å²) in [5, 5.41) is 1.32. The minimum Gasteiger partial charge on any atom is -0.218 e. The lowest BCUT2D eigenvalue weighted by Crippen LogP contribution is -2.04. The molecule has 2 aromatic heterocycles. The number of sulfone groups is 1. The summed E-state index contributed by atoms with van der Waals surface area (Å²) in [6, 6.07) is 38.4. The van der Waals surface area contributed by atoms with Crippen LogP contribution in [-0.4, -0.2) is 23.4 Å². The smallest absolute Gasteiger partial charge is 0.207 e. The van der Waals surface area contributed by atoms with Gasteiger partial charge in [0.05, 0.1) is 9.79 Å². The number of allylic oxidation sites excluding steroid dienone is 5. The largest absolute Gasteiger partial charge is 0.218 e. The first-order valence-electron chi connectivity index (χ1n) is 17.6. The Morgan fingerprint density at radius 3 is 2.10 bits per heavy atom. The first-order chi connectivity index (χ1) is 25.5. The molecule has 0 fully saturated rings. The predicted molar refractivity (Wildman–Crippen MR) is 211 cm³/mol. The van der Waals surface area contributed by atoms with E-state index < -0.39 is 9.84 Å². The molecule has 250 valence electrons. The molecule has 0 unspecified atom stereocenters. The van der Waals surface area contributed by atoms with Crippen molar-refractivity contribution in [3.8, 4) is 45.0 Å². The molecule has 1 aliphatic heterocycles. The lowest BCUT2D eigenvalue weighted by atomic mass is 9.90. The second-order valence-electron chi connectivity index (χ2n) is 13.4. The standard InChI is InChI=1S/C45H31N3O2S2/c49-52(50)40-25-23-32(34-15-9-16-37-35-14-7-8-17-39(35)51-42(34)37)26-38(40)36-24-22-33(27-41(36)52)45-47-43(30-12-5-2-6-13-30)46-44(48-45)31-20-18-29(19-21-31)28-10-3-1-4-11-28/h1,3-5,7-8,10-15,17-27H,2,6,9,16H2. The van der Waals surface area contributed by atoms with Gasteiger partial charge in [0, 0.05) is 37.4 Å². The minimum absolute atomic E-state index is 0.282. The molecule has 52 heavy (non-hydrogen) atoms. The average Bonchev–Trinajstić information content (AvgIpc) is 3.70. The number of fused-ring (bicyclic) bond motifs is 6. The molecular weight excluding hydrogens is 679 g/mol. The summed E-state index contributed by atoms with van der Waals surface area (Å²) in [5.41, 5.74) is 9.72. The zero-order chi connectivity index (χ0) is 34.8. The van der Waals surface area contributed by atoms with Crippen molar-refractivity contribution < 1.29 is 8.42 Å². The molecule has 0 atom stereocenters. The highest BCUT2D eigenvalue weighted by molar-refractivity contribution is 7.92. The molecule has 0 N–H and O–H groups in total. The Kier molecular flexibility index (Phi) is 7.27. The summed E-state index contributed by atoms with van der Waals surface area (Å²) in [6.07, 6.45) is 12.5. The molecule has 10 rings (SSSR count). The number of rotatable bonds is 5. The van der Waals surface area contributed by atoms with Gasteiger partial charge in [-0.1, -0.05) is 115 Å². The molecule has 0 saturated heterocycles. The molecule has 0 bridgehead atoms. The number of hydrogen-bond acceptors (Lipinski definition) is 6. The van der Waals surface area contributed by atoms with E-state index >= 15 is 0 Å². The van der Waals surface area contributed by atoms with Crippen LogP contribution in [0.3, 0.4) is 0 Å². The van der Waals surface area contributed by atoms with Gasteiger partial charge in [-0.25, -0.2) is 23.4 Å². The van der Waals surface area contributed by atoms with Crippen molar-refractivity contribution in [3.63, 3.8) is 0 Å². The molecule has 0 amide bonds. The van der Waals surface area contributed by atoms with E-state index in [0.29, 0.717) is 33.5 Å². The van der Waals surface area contributed by atoms with Crippen LogP contribution in [0, 0.1) is 0 Å². The van der Waals surface area contributed by atoms with Crippen molar-refractivity contribution in [2.24, 2.45) is 0 Å². The molecular formula is C45H31N3O2S2. The molecule has 7 aromatic rings. The van der Waals surface area contributed by atoms with Gasteiger partial charge in [0.1, 0.15) is 0 Å². The van der Waals surface area contributed by atoms with Gasteiger partial charge in [-0.2, -0.15) is 0 Å². The van der Waals surface area contributed by atoms with E-state index in [1.54, 1.807) is 12.1 Å². The molecule has 2 aliphatic carbocycles. The molecule has 3 aliphatic rings. The highest BCUT2D eigenvalue weighted by Crippen LogP contribution is 2.48. The van der Waals surface area contributed by atoms with Crippen LogP contribution in [0.1, 0.15) is 41.1 Å². The van der Waals surface area contributed by atoms with Gasteiger partial charge < -0.3 is 0 Å².